The van der Waals surface area contributed by atoms with Gasteiger partial charge in [-0.2, -0.15) is 0 Å². The number of fused-ring (bicyclic) bond motifs is 1. The zero-order chi connectivity index (χ0) is 29.2. The second-order valence-electron chi connectivity index (χ2n) is 11.5. The molecule has 0 saturated carbocycles. The van der Waals surface area contributed by atoms with Crippen molar-refractivity contribution in [2.45, 2.75) is 72.6 Å². The Balaban J connectivity index is 1.53. The summed E-state index contributed by atoms with van der Waals surface area (Å²) in [5, 5.41) is 4.21. The first-order valence-electron chi connectivity index (χ1n) is 13.7. The fourth-order valence-electron chi connectivity index (χ4n) is 4.95. The first kappa shape index (κ1) is 28.9. The van der Waals surface area contributed by atoms with Gasteiger partial charge in [-0.1, -0.05) is 57.2 Å². The van der Waals surface area contributed by atoms with Gasteiger partial charge in [0, 0.05) is 28.7 Å². The van der Waals surface area contributed by atoms with Crippen molar-refractivity contribution in [1.82, 2.24) is 9.88 Å². The monoisotopic (exact) mass is 540 g/mol. The van der Waals surface area contributed by atoms with Crippen molar-refractivity contribution in [3.8, 4) is 5.75 Å². The molecule has 0 fully saturated rings. The van der Waals surface area contributed by atoms with Gasteiger partial charge in [0.15, 0.2) is 6.10 Å². The van der Waals surface area contributed by atoms with Gasteiger partial charge >= 0.3 is 5.97 Å². The van der Waals surface area contributed by atoms with Crippen LogP contribution >= 0.6 is 0 Å². The highest BCUT2D eigenvalue weighted by Crippen LogP contribution is 2.29. The van der Waals surface area contributed by atoms with Gasteiger partial charge in [-0.25, -0.2) is 4.79 Å². The van der Waals surface area contributed by atoms with Crippen molar-refractivity contribution in [1.29, 1.82) is 0 Å². The molecule has 4 rings (SSSR count). The quantitative estimate of drug-likeness (QED) is 0.244. The predicted octanol–water partition coefficient (Wildman–Crippen LogP) is 7.04. The van der Waals surface area contributed by atoms with Crippen molar-refractivity contribution in [3.05, 3.63) is 100 Å². The Bertz CT molecular complexity index is 1530. The molecule has 210 valence electrons. The molecule has 0 bridgehead atoms. The van der Waals surface area contributed by atoms with E-state index in [9.17, 15) is 9.59 Å². The molecule has 0 saturated heterocycles. The van der Waals surface area contributed by atoms with Gasteiger partial charge in [0.25, 0.3) is 5.91 Å². The van der Waals surface area contributed by atoms with E-state index in [1.165, 1.54) is 12.7 Å². The third-order valence-corrected chi connectivity index (χ3v) is 7.61. The van der Waals surface area contributed by atoms with Crippen molar-refractivity contribution in [2.24, 2.45) is 0 Å². The summed E-state index contributed by atoms with van der Waals surface area (Å²) in [4.78, 5) is 25.0. The zero-order valence-electron chi connectivity index (χ0n) is 24.8. The van der Waals surface area contributed by atoms with Crippen LogP contribution in [0.3, 0.4) is 0 Å². The molecule has 6 heteroatoms. The molecule has 0 aliphatic rings. The number of hydrogen-bond acceptors (Lipinski definition) is 4. The SMILES string of the molecule is COC(=O)C(C)Oc1cccc(Cn2c(C)c(C)c3cc(C(=O)N[C@@H](C)c4ccc(C(C)(C)C)cc4)ccc32)c1. The third kappa shape index (κ3) is 6.22. The van der Waals surface area contributed by atoms with Crippen LogP contribution in [-0.4, -0.2) is 29.7 Å². The smallest absolute Gasteiger partial charge is 0.346 e. The predicted molar refractivity (Wildman–Crippen MR) is 160 cm³/mol. The van der Waals surface area contributed by atoms with Gasteiger partial charge in [-0.15, -0.1) is 0 Å². The van der Waals surface area contributed by atoms with Gasteiger partial charge in [0.2, 0.25) is 0 Å². The minimum absolute atomic E-state index is 0.0898. The molecule has 1 amide bonds. The van der Waals surface area contributed by atoms with Crippen LogP contribution in [0.25, 0.3) is 10.9 Å². The van der Waals surface area contributed by atoms with Crippen LogP contribution in [0.5, 0.6) is 5.75 Å². The van der Waals surface area contributed by atoms with Gasteiger partial charge in [-0.05, 0) is 85.7 Å². The molecule has 0 aliphatic heterocycles. The number of aryl methyl sites for hydroxylation is 1. The van der Waals surface area contributed by atoms with Gasteiger partial charge in [0.05, 0.1) is 13.2 Å². The molecule has 0 radical (unpaired) electrons. The topological polar surface area (TPSA) is 69.6 Å². The molecule has 2 atom stereocenters. The average molecular weight is 541 g/mol. The number of carbonyl (C=O) groups excluding carboxylic acids is 2. The van der Waals surface area contributed by atoms with Gasteiger partial charge in [0.1, 0.15) is 5.75 Å². The minimum Gasteiger partial charge on any atom is -0.479 e. The summed E-state index contributed by atoms with van der Waals surface area (Å²) in [6, 6.07) is 22.0. The lowest BCUT2D eigenvalue weighted by molar-refractivity contribution is -0.147. The lowest BCUT2D eigenvalue weighted by atomic mass is 9.86. The number of carbonyl (C=O) groups is 2. The molecule has 4 aromatic rings. The summed E-state index contributed by atoms with van der Waals surface area (Å²) >= 11 is 0. The molecule has 0 spiro atoms. The number of hydrogen-bond donors (Lipinski definition) is 1. The molecule has 1 heterocycles. The number of ether oxygens (including phenoxy) is 2. The molecular weight excluding hydrogens is 500 g/mol. The molecule has 1 N–H and O–H groups in total. The number of esters is 1. The van der Waals surface area contributed by atoms with Crippen LogP contribution in [0, 0.1) is 13.8 Å². The molecule has 0 aliphatic carbocycles. The van der Waals surface area contributed by atoms with Crippen LogP contribution in [0.15, 0.2) is 66.7 Å². The summed E-state index contributed by atoms with van der Waals surface area (Å²) in [7, 11) is 1.35. The van der Waals surface area contributed by atoms with E-state index < -0.39 is 12.1 Å². The number of nitrogens with zero attached hydrogens (tertiary/aromatic N) is 1. The van der Waals surface area contributed by atoms with E-state index >= 15 is 0 Å². The number of methoxy groups -OCH3 is 1. The van der Waals surface area contributed by atoms with E-state index in [0.29, 0.717) is 17.9 Å². The van der Waals surface area contributed by atoms with E-state index in [0.717, 1.165) is 33.3 Å². The minimum atomic E-state index is -0.688. The Morgan fingerprint density at radius 2 is 1.65 bits per heavy atom. The largest absolute Gasteiger partial charge is 0.479 e. The summed E-state index contributed by atoms with van der Waals surface area (Å²) in [5.41, 5.74) is 7.45. The van der Waals surface area contributed by atoms with Gasteiger partial charge < -0.3 is 19.4 Å². The number of rotatable bonds is 8. The van der Waals surface area contributed by atoms with E-state index in [2.05, 4.69) is 68.8 Å². The number of amides is 1. The Morgan fingerprint density at radius 3 is 2.30 bits per heavy atom. The van der Waals surface area contributed by atoms with Crippen LogP contribution in [0.1, 0.15) is 79.0 Å². The third-order valence-electron chi connectivity index (χ3n) is 7.61. The van der Waals surface area contributed by atoms with Gasteiger partial charge in [-0.3, -0.25) is 4.79 Å². The van der Waals surface area contributed by atoms with E-state index in [-0.39, 0.29) is 17.4 Å². The van der Waals surface area contributed by atoms with Crippen LogP contribution in [0.2, 0.25) is 0 Å². The molecule has 1 aromatic heterocycles. The second-order valence-corrected chi connectivity index (χ2v) is 11.5. The van der Waals surface area contributed by atoms with E-state index in [1.807, 2.05) is 49.4 Å². The van der Waals surface area contributed by atoms with E-state index in [1.54, 1.807) is 6.92 Å². The fourth-order valence-corrected chi connectivity index (χ4v) is 4.95. The maximum absolute atomic E-state index is 13.2. The highest BCUT2D eigenvalue weighted by molar-refractivity contribution is 5.99. The molecule has 6 nitrogen and oxygen atoms in total. The number of aromatic nitrogens is 1. The highest BCUT2D eigenvalue weighted by atomic mass is 16.6. The molecular formula is C34H40N2O4. The molecule has 3 aromatic carbocycles. The summed E-state index contributed by atoms with van der Waals surface area (Å²) in [6.45, 7) is 15.1. The lowest BCUT2D eigenvalue weighted by Crippen LogP contribution is -2.26. The second kappa shape index (κ2) is 11.6. The lowest BCUT2D eigenvalue weighted by Gasteiger charge is -2.21. The van der Waals surface area contributed by atoms with Crippen LogP contribution < -0.4 is 10.1 Å². The van der Waals surface area contributed by atoms with Crippen molar-refractivity contribution in [3.63, 3.8) is 0 Å². The Kier molecular flexibility index (Phi) is 8.38. The van der Waals surface area contributed by atoms with Crippen molar-refractivity contribution < 1.29 is 19.1 Å². The standard InChI is InChI=1S/C34H40N2O4/c1-21-23(3)36(20-25-10-9-11-29(18-25)40-24(4)33(38)39-8)31-17-14-27(19-30(21)31)32(37)35-22(2)26-12-15-28(16-13-26)34(5,6)7/h9-19,22,24H,20H2,1-8H3,(H,35,37)/t22-,24?/m0/s1. The molecule has 40 heavy (non-hydrogen) atoms. The maximum atomic E-state index is 13.2. The summed E-state index contributed by atoms with van der Waals surface area (Å²) < 4.78 is 12.8. The number of benzene rings is 3. The number of nitrogens with one attached hydrogen (secondary N) is 1. The van der Waals surface area contributed by atoms with E-state index in [4.69, 9.17) is 9.47 Å². The average Bonchev–Trinajstić information content (AvgIpc) is 3.16. The summed E-state index contributed by atoms with van der Waals surface area (Å²) in [6.07, 6.45) is -0.688. The van der Waals surface area contributed by atoms with Crippen LogP contribution in [-0.2, 0) is 21.5 Å². The van der Waals surface area contributed by atoms with Crippen molar-refractivity contribution >= 4 is 22.8 Å². The fraction of sp³-hybridized carbons (Fsp3) is 0.353. The Hall–Kier alpha value is -4.06. The Morgan fingerprint density at radius 1 is 0.950 bits per heavy atom. The summed E-state index contributed by atoms with van der Waals surface area (Å²) in [5.74, 6) is 0.104. The van der Waals surface area contributed by atoms with Crippen LogP contribution in [0.4, 0.5) is 0 Å². The first-order valence-corrected chi connectivity index (χ1v) is 13.7. The highest BCUT2D eigenvalue weighted by Gasteiger charge is 2.19. The Labute approximate surface area is 237 Å². The molecule has 1 unspecified atom stereocenters. The first-order chi connectivity index (χ1) is 18.9. The zero-order valence-corrected chi connectivity index (χ0v) is 24.8. The maximum Gasteiger partial charge on any atom is 0.346 e. The van der Waals surface area contributed by atoms with Crippen molar-refractivity contribution in [2.75, 3.05) is 7.11 Å². The normalized spacial score (nSPS) is 13.1.